The maximum absolute atomic E-state index is 12.8. The number of benzene rings is 2. The molecule has 1 heterocycles. The van der Waals surface area contributed by atoms with Crippen LogP contribution in [0.3, 0.4) is 0 Å². The van der Waals surface area contributed by atoms with Gasteiger partial charge in [-0.1, -0.05) is 18.2 Å². The number of amides is 2. The SMILES string of the molecule is COc1ccc(OC)c(NC(=O)C(C)N2CCN(C(=O)c3ccccc3)CC2)c1. The summed E-state index contributed by atoms with van der Waals surface area (Å²) in [5, 5.41) is 2.93. The molecule has 1 aliphatic heterocycles. The molecule has 0 saturated carbocycles. The molecule has 1 atom stereocenters. The van der Waals surface area contributed by atoms with Crippen LogP contribution in [-0.2, 0) is 4.79 Å². The van der Waals surface area contributed by atoms with Gasteiger partial charge in [-0.3, -0.25) is 14.5 Å². The van der Waals surface area contributed by atoms with Gasteiger partial charge in [-0.25, -0.2) is 0 Å². The summed E-state index contributed by atoms with van der Waals surface area (Å²) in [6, 6.07) is 14.2. The third-order valence-corrected chi connectivity index (χ3v) is 5.21. The highest BCUT2D eigenvalue weighted by Crippen LogP contribution is 2.29. The third-order valence-electron chi connectivity index (χ3n) is 5.21. The molecule has 2 amide bonds. The van der Waals surface area contributed by atoms with Crippen LogP contribution in [0.5, 0.6) is 11.5 Å². The van der Waals surface area contributed by atoms with Gasteiger partial charge in [0.15, 0.2) is 0 Å². The molecular weight excluding hydrogens is 370 g/mol. The summed E-state index contributed by atoms with van der Waals surface area (Å²) in [5.74, 6) is 1.12. The van der Waals surface area contributed by atoms with Crippen LogP contribution in [0.2, 0.25) is 0 Å². The normalized spacial score (nSPS) is 15.5. The number of carbonyl (C=O) groups is 2. The summed E-state index contributed by atoms with van der Waals surface area (Å²) < 4.78 is 10.6. The zero-order valence-electron chi connectivity index (χ0n) is 17.1. The molecule has 0 aromatic heterocycles. The van der Waals surface area contributed by atoms with Crippen molar-refractivity contribution >= 4 is 17.5 Å². The third kappa shape index (κ3) is 4.86. The highest BCUT2D eigenvalue weighted by molar-refractivity contribution is 5.96. The number of hydrogen-bond donors (Lipinski definition) is 1. The first-order valence-corrected chi connectivity index (χ1v) is 9.64. The first-order chi connectivity index (χ1) is 14.0. The minimum absolute atomic E-state index is 0.0310. The largest absolute Gasteiger partial charge is 0.497 e. The molecule has 1 saturated heterocycles. The highest BCUT2D eigenvalue weighted by Gasteiger charge is 2.28. The lowest BCUT2D eigenvalue weighted by Gasteiger charge is -2.37. The number of nitrogens with zero attached hydrogens (tertiary/aromatic N) is 2. The van der Waals surface area contributed by atoms with Gasteiger partial charge in [0.25, 0.3) is 5.91 Å². The van der Waals surface area contributed by atoms with Crippen LogP contribution >= 0.6 is 0 Å². The molecular formula is C22H27N3O4. The molecule has 0 radical (unpaired) electrons. The number of piperazine rings is 1. The molecule has 2 aromatic rings. The smallest absolute Gasteiger partial charge is 0.253 e. The van der Waals surface area contributed by atoms with Crippen molar-refractivity contribution in [3.63, 3.8) is 0 Å². The molecule has 1 aliphatic rings. The molecule has 1 unspecified atom stereocenters. The molecule has 7 nitrogen and oxygen atoms in total. The number of nitrogens with one attached hydrogen (secondary N) is 1. The topological polar surface area (TPSA) is 71.1 Å². The van der Waals surface area contributed by atoms with E-state index in [4.69, 9.17) is 9.47 Å². The Hall–Kier alpha value is -3.06. The molecule has 1 fully saturated rings. The summed E-state index contributed by atoms with van der Waals surface area (Å²) in [5.41, 5.74) is 1.26. The van der Waals surface area contributed by atoms with Crippen molar-refractivity contribution in [3.05, 3.63) is 54.1 Å². The monoisotopic (exact) mass is 397 g/mol. The van der Waals surface area contributed by atoms with Crippen molar-refractivity contribution in [2.75, 3.05) is 45.7 Å². The van der Waals surface area contributed by atoms with Crippen molar-refractivity contribution in [3.8, 4) is 11.5 Å². The second kappa shape index (κ2) is 9.43. The van der Waals surface area contributed by atoms with Crippen molar-refractivity contribution in [1.82, 2.24) is 9.80 Å². The maximum Gasteiger partial charge on any atom is 0.253 e. The second-order valence-corrected chi connectivity index (χ2v) is 6.93. The number of methoxy groups -OCH3 is 2. The number of carbonyl (C=O) groups excluding carboxylic acids is 2. The van der Waals surface area contributed by atoms with E-state index in [0.717, 1.165) is 0 Å². The van der Waals surface area contributed by atoms with E-state index < -0.39 is 0 Å². The van der Waals surface area contributed by atoms with Crippen LogP contribution in [0.25, 0.3) is 0 Å². The van der Waals surface area contributed by atoms with E-state index in [1.165, 1.54) is 0 Å². The van der Waals surface area contributed by atoms with Crippen LogP contribution in [0, 0.1) is 0 Å². The van der Waals surface area contributed by atoms with E-state index in [1.807, 2.05) is 42.2 Å². The van der Waals surface area contributed by atoms with E-state index in [9.17, 15) is 9.59 Å². The summed E-state index contributed by atoms with van der Waals surface area (Å²) in [6.45, 7) is 4.34. The number of anilines is 1. The average molecular weight is 397 g/mol. The van der Waals surface area contributed by atoms with Crippen molar-refractivity contribution in [2.24, 2.45) is 0 Å². The fourth-order valence-electron chi connectivity index (χ4n) is 3.39. The van der Waals surface area contributed by atoms with Crippen LogP contribution in [0.1, 0.15) is 17.3 Å². The molecule has 1 N–H and O–H groups in total. The van der Waals surface area contributed by atoms with Gasteiger partial charge in [0, 0.05) is 37.8 Å². The van der Waals surface area contributed by atoms with Crippen LogP contribution in [-0.4, -0.2) is 68.1 Å². The van der Waals surface area contributed by atoms with E-state index in [1.54, 1.807) is 32.4 Å². The fourth-order valence-corrected chi connectivity index (χ4v) is 3.39. The van der Waals surface area contributed by atoms with Crippen LogP contribution in [0.15, 0.2) is 48.5 Å². The molecule has 2 aromatic carbocycles. The van der Waals surface area contributed by atoms with Gasteiger partial charge in [-0.15, -0.1) is 0 Å². The minimum atomic E-state index is -0.333. The summed E-state index contributed by atoms with van der Waals surface area (Å²) >= 11 is 0. The number of hydrogen-bond acceptors (Lipinski definition) is 5. The van der Waals surface area contributed by atoms with Gasteiger partial charge in [-0.05, 0) is 31.2 Å². The Morgan fingerprint density at radius 2 is 1.66 bits per heavy atom. The zero-order valence-corrected chi connectivity index (χ0v) is 17.1. The maximum atomic E-state index is 12.8. The van der Waals surface area contributed by atoms with Crippen molar-refractivity contribution in [2.45, 2.75) is 13.0 Å². The van der Waals surface area contributed by atoms with Gasteiger partial charge < -0.3 is 19.7 Å². The highest BCUT2D eigenvalue weighted by atomic mass is 16.5. The molecule has 0 aliphatic carbocycles. The number of ether oxygens (including phenoxy) is 2. The lowest BCUT2D eigenvalue weighted by atomic mass is 10.1. The van der Waals surface area contributed by atoms with E-state index in [-0.39, 0.29) is 17.9 Å². The Kier molecular flexibility index (Phi) is 6.72. The quantitative estimate of drug-likeness (QED) is 0.811. The van der Waals surface area contributed by atoms with Crippen molar-refractivity contribution in [1.29, 1.82) is 0 Å². The van der Waals surface area contributed by atoms with Gasteiger partial charge in [-0.2, -0.15) is 0 Å². The van der Waals surface area contributed by atoms with Crippen LogP contribution < -0.4 is 14.8 Å². The molecule has 29 heavy (non-hydrogen) atoms. The van der Waals surface area contributed by atoms with Gasteiger partial charge >= 0.3 is 0 Å². The fraction of sp³-hybridized carbons (Fsp3) is 0.364. The zero-order chi connectivity index (χ0) is 20.8. The van der Waals surface area contributed by atoms with E-state index >= 15 is 0 Å². The Labute approximate surface area is 171 Å². The summed E-state index contributed by atoms with van der Waals surface area (Å²) in [6.07, 6.45) is 0. The van der Waals surface area contributed by atoms with Gasteiger partial charge in [0.1, 0.15) is 11.5 Å². The molecule has 0 bridgehead atoms. The first kappa shape index (κ1) is 20.7. The standard InChI is InChI=1S/C22H27N3O4/c1-16(21(26)23-19-15-18(28-2)9-10-20(19)29-3)24-11-13-25(14-12-24)22(27)17-7-5-4-6-8-17/h4-10,15-16H,11-14H2,1-3H3,(H,23,26). The number of rotatable bonds is 6. The molecule has 7 heteroatoms. The lowest BCUT2D eigenvalue weighted by molar-refractivity contribution is -0.121. The van der Waals surface area contributed by atoms with E-state index in [0.29, 0.717) is 48.9 Å². The van der Waals surface area contributed by atoms with Gasteiger partial charge in [0.05, 0.1) is 25.9 Å². The Bertz CT molecular complexity index is 848. The Morgan fingerprint density at radius 1 is 0.966 bits per heavy atom. The minimum Gasteiger partial charge on any atom is -0.497 e. The van der Waals surface area contributed by atoms with Crippen molar-refractivity contribution < 1.29 is 19.1 Å². The predicted octanol–water partition coefficient (Wildman–Crippen LogP) is 2.49. The Morgan fingerprint density at radius 3 is 2.28 bits per heavy atom. The summed E-state index contributed by atoms with van der Waals surface area (Å²) in [4.78, 5) is 29.3. The average Bonchev–Trinajstić information content (AvgIpc) is 2.78. The van der Waals surface area contributed by atoms with Crippen LogP contribution in [0.4, 0.5) is 5.69 Å². The Balaban J connectivity index is 1.58. The van der Waals surface area contributed by atoms with Gasteiger partial charge in [0.2, 0.25) is 5.91 Å². The second-order valence-electron chi connectivity index (χ2n) is 6.93. The predicted molar refractivity (Wildman–Crippen MR) is 112 cm³/mol. The molecule has 154 valence electrons. The molecule has 0 spiro atoms. The molecule has 3 rings (SSSR count). The van der Waals surface area contributed by atoms with E-state index in [2.05, 4.69) is 10.2 Å². The lowest BCUT2D eigenvalue weighted by Crippen LogP contribution is -2.54. The summed E-state index contributed by atoms with van der Waals surface area (Å²) in [7, 11) is 3.14. The first-order valence-electron chi connectivity index (χ1n) is 9.64.